The number of hydrogen-bond donors (Lipinski definition) is 2. The number of unbranched alkanes of at least 4 members (excludes halogenated alkanes) is 1. The minimum atomic E-state index is -0.490. The molecule has 0 fully saturated rings. The Labute approximate surface area is 115 Å². The van der Waals surface area contributed by atoms with Gasteiger partial charge in [-0.3, -0.25) is 0 Å². The Bertz CT molecular complexity index is 401. The lowest BCUT2D eigenvalue weighted by atomic mass is 10.1. The van der Waals surface area contributed by atoms with Crippen molar-refractivity contribution in [3.63, 3.8) is 0 Å². The van der Waals surface area contributed by atoms with Gasteiger partial charge in [-0.1, -0.05) is 25.5 Å². The van der Waals surface area contributed by atoms with Gasteiger partial charge in [0.05, 0.1) is 24.3 Å². The van der Waals surface area contributed by atoms with Crippen LogP contribution in [0.1, 0.15) is 30.9 Å². The van der Waals surface area contributed by atoms with E-state index in [1.54, 1.807) is 6.07 Å². The number of ether oxygens (including phenoxy) is 1. The van der Waals surface area contributed by atoms with Crippen molar-refractivity contribution in [3.05, 3.63) is 35.4 Å². The van der Waals surface area contributed by atoms with E-state index in [2.05, 4.69) is 18.3 Å². The number of nitrogens with zero attached hydrogens (tertiary/aromatic N) is 1. The van der Waals surface area contributed by atoms with Crippen molar-refractivity contribution in [1.82, 2.24) is 5.32 Å². The molecule has 1 rings (SSSR count). The van der Waals surface area contributed by atoms with Crippen LogP contribution in [0.25, 0.3) is 0 Å². The molecular formula is C15H22N2O2. The van der Waals surface area contributed by atoms with Gasteiger partial charge >= 0.3 is 0 Å². The van der Waals surface area contributed by atoms with Crippen LogP contribution in [-0.4, -0.2) is 31.0 Å². The number of aliphatic hydroxyl groups is 1. The quantitative estimate of drug-likeness (QED) is 0.666. The van der Waals surface area contributed by atoms with Crippen molar-refractivity contribution < 1.29 is 9.84 Å². The van der Waals surface area contributed by atoms with Gasteiger partial charge in [-0.05, 0) is 24.1 Å². The van der Waals surface area contributed by atoms with Crippen LogP contribution in [0, 0.1) is 11.3 Å². The van der Waals surface area contributed by atoms with Crippen LogP contribution >= 0.6 is 0 Å². The Morgan fingerprint density at radius 2 is 2.32 bits per heavy atom. The molecule has 1 aromatic rings. The fourth-order valence-corrected chi connectivity index (χ4v) is 1.66. The molecule has 0 aliphatic rings. The Kier molecular flexibility index (Phi) is 7.83. The standard InChI is InChI=1S/C15H22N2O2/c1-2-3-7-19-12-15(18)11-17-10-14-6-4-5-13(8-14)9-16/h4-6,8,15,17-18H,2-3,7,10-12H2,1H3. The summed E-state index contributed by atoms with van der Waals surface area (Å²) in [5, 5.41) is 21.6. The summed E-state index contributed by atoms with van der Waals surface area (Å²) in [5.41, 5.74) is 1.70. The molecule has 0 heterocycles. The van der Waals surface area contributed by atoms with E-state index < -0.39 is 6.10 Å². The number of hydrogen-bond acceptors (Lipinski definition) is 4. The molecule has 104 valence electrons. The van der Waals surface area contributed by atoms with Gasteiger partial charge in [-0.25, -0.2) is 0 Å². The summed E-state index contributed by atoms with van der Waals surface area (Å²) in [6.07, 6.45) is 1.64. The molecular weight excluding hydrogens is 240 g/mol. The first-order valence-corrected chi connectivity index (χ1v) is 6.71. The smallest absolute Gasteiger partial charge is 0.0991 e. The van der Waals surface area contributed by atoms with Crippen LogP contribution in [-0.2, 0) is 11.3 Å². The van der Waals surface area contributed by atoms with E-state index in [1.807, 2.05) is 18.2 Å². The summed E-state index contributed by atoms with van der Waals surface area (Å²) in [4.78, 5) is 0. The molecule has 1 unspecified atom stereocenters. The van der Waals surface area contributed by atoms with E-state index in [9.17, 15) is 5.11 Å². The lowest BCUT2D eigenvalue weighted by Crippen LogP contribution is -2.30. The fourth-order valence-electron chi connectivity index (χ4n) is 1.66. The third-order valence-corrected chi connectivity index (χ3v) is 2.72. The number of nitrogens with one attached hydrogen (secondary N) is 1. The fraction of sp³-hybridized carbons (Fsp3) is 0.533. The first-order valence-electron chi connectivity index (χ1n) is 6.71. The average molecular weight is 262 g/mol. The molecule has 0 aliphatic heterocycles. The molecule has 0 spiro atoms. The van der Waals surface area contributed by atoms with Gasteiger partial charge in [-0.15, -0.1) is 0 Å². The molecule has 0 saturated carbocycles. The summed E-state index contributed by atoms with van der Waals surface area (Å²) in [6, 6.07) is 9.55. The summed E-state index contributed by atoms with van der Waals surface area (Å²) in [6.45, 7) is 4.31. The Hall–Kier alpha value is -1.41. The molecule has 0 aliphatic carbocycles. The third-order valence-electron chi connectivity index (χ3n) is 2.72. The number of aliphatic hydroxyl groups excluding tert-OH is 1. The predicted octanol–water partition coefficient (Wildman–Crippen LogP) is 1.83. The van der Waals surface area contributed by atoms with Crippen molar-refractivity contribution in [2.24, 2.45) is 0 Å². The van der Waals surface area contributed by atoms with E-state index in [0.29, 0.717) is 31.9 Å². The zero-order valence-corrected chi connectivity index (χ0v) is 11.4. The molecule has 2 N–H and O–H groups in total. The van der Waals surface area contributed by atoms with Crippen molar-refractivity contribution in [2.75, 3.05) is 19.8 Å². The highest BCUT2D eigenvalue weighted by Crippen LogP contribution is 2.03. The largest absolute Gasteiger partial charge is 0.389 e. The van der Waals surface area contributed by atoms with Crippen LogP contribution in [0.15, 0.2) is 24.3 Å². The number of nitriles is 1. The molecule has 1 aromatic carbocycles. The monoisotopic (exact) mass is 262 g/mol. The van der Waals surface area contributed by atoms with Gasteiger partial charge in [0.25, 0.3) is 0 Å². The lowest BCUT2D eigenvalue weighted by Gasteiger charge is -2.12. The first kappa shape index (κ1) is 15.6. The maximum absolute atomic E-state index is 9.69. The topological polar surface area (TPSA) is 65.3 Å². The normalized spacial score (nSPS) is 12.1. The molecule has 0 amide bonds. The van der Waals surface area contributed by atoms with Gasteiger partial charge in [0.1, 0.15) is 0 Å². The molecule has 4 heteroatoms. The van der Waals surface area contributed by atoms with Crippen LogP contribution in [0.5, 0.6) is 0 Å². The summed E-state index contributed by atoms with van der Waals surface area (Å²) >= 11 is 0. The van der Waals surface area contributed by atoms with Crippen LogP contribution < -0.4 is 5.32 Å². The highest BCUT2D eigenvalue weighted by Gasteiger charge is 2.03. The van der Waals surface area contributed by atoms with Crippen molar-refractivity contribution in [3.8, 4) is 6.07 Å². The molecule has 1 atom stereocenters. The minimum Gasteiger partial charge on any atom is -0.389 e. The highest BCUT2D eigenvalue weighted by molar-refractivity contribution is 5.32. The van der Waals surface area contributed by atoms with Gasteiger partial charge in [0, 0.05) is 19.7 Å². The summed E-state index contributed by atoms with van der Waals surface area (Å²) < 4.78 is 5.34. The van der Waals surface area contributed by atoms with Crippen LogP contribution in [0.2, 0.25) is 0 Å². The second-order valence-corrected chi connectivity index (χ2v) is 4.53. The van der Waals surface area contributed by atoms with Crippen molar-refractivity contribution >= 4 is 0 Å². The van der Waals surface area contributed by atoms with E-state index in [4.69, 9.17) is 10.00 Å². The molecule has 0 saturated heterocycles. The molecule has 0 radical (unpaired) electrons. The zero-order valence-electron chi connectivity index (χ0n) is 11.4. The number of benzene rings is 1. The molecule has 0 bridgehead atoms. The van der Waals surface area contributed by atoms with Crippen LogP contribution in [0.3, 0.4) is 0 Å². The third kappa shape index (κ3) is 6.92. The van der Waals surface area contributed by atoms with Gasteiger partial charge in [0.15, 0.2) is 0 Å². The van der Waals surface area contributed by atoms with Gasteiger partial charge < -0.3 is 15.2 Å². The lowest BCUT2D eigenvalue weighted by molar-refractivity contribution is 0.0358. The first-order chi connectivity index (χ1) is 9.26. The van der Waals surface area contributed by atoms with Crippen molar-refractivity contribution in [1.29, 1.82) is 5.26 Å². The van der Waals surface area contributed by atoms with Crippen LogP contribution in [0.4, 0.5) is 0 Å². The van der Waals surface area contributed by atoms with Gasteiger partial charge in [0.2, 0.25) is 0 Å². The van der Waals surface area contributed by atoms with E-state index in [-0.39, 0.29) is 0 Å². The Morgan fingerprint density at radius 1 is 1.47 bits per heavy atom. The zero-order chi connectivity index (χ0) is 13.9. The molecule has 4 nitrogen and oxygen atoms in total. The SMILES string of the molecule is CCCCOCC(O)CNCc1cccc(C#N)c1. The second kappa shape index (κ2) is 9.51. The highest BCUT2D eigenvalue weighted by atomic mass is 16.5. The average Bonchev–Trinajstić information content (AvgIpc) is 2.44. The van der Waals surface area contributed by atoms with E-state index in [0.717, 1.165) is 18.4 Å². The van der Waals surface area contributed by atoms with Gasteiger partial charge in [-0.2, -0.15) is 5.26 Å². The predicted molar refractivity (Wildman–Crippen MR) is 74.6 cm³/mol. The molecule has 0 aromatic heterocycles. The summed E-state index contributed by atoms with van der Waals surface area (Å²) in [7, 11) is 0. The molecule has 19 heavy (non-hydrogen) atoms. The number of rotatable bonds is 9. The van der Waals surface area contributed by atoms with Crippen molar-refractivity contribution in [2.45, 2.75) is 32.4 Å². The Morgan fingerprint density at radius 3 is 3.05 bits per heavy atom. The minimum absolute atomic E-state index is 0.366. The maximum atomic E-state index is 9.69. The Balaban J connectivity index is 2.17. The summed E-state index contributed by atoms with van der Waals surface area (Å²) in [5.74, 6) is 0. The van der Waals surface area contributed by atoms with E-state index >= 15 is 0 Å². The van der Waals surface area contributed by atoms with E-state index in [1.165, 1.54) is 0 Å². The maximum Gasteiger partial charge on any atom is 0.0991 e. The second-order valence-electron chi connectivity index (χ2n) is 4.53.